The molecule has 29 heavy (non-hydrogen) atoms. The number of phenolic OH excluding ortho intramolecular Hbond substituents is 1. The molecule has 0 spiro atoms. The molecule has 0 fully saturated rings. The molecule has 10 N–H and O–H groups in total. The zero-order chi connectivity index (χ0) is 23.3. The molecule has 0 radical (unpaired) electrons. The fourth-order valence-corrected chi connectivity index (χ4v) is 1.54. The van der Waals surface area contributed by atoms with Crippen LogP contribution in [-0.2, 0) is 20.8 Å². The van der Waals surface area contributed by atoms with Crippen LogP contribution < -0.4 is 17.2 Å². The van der Waals surface area contributed by atoms with Crippen molar-refractivity contribution in [2.24, 2.45) is 29.0 Å². The topological polar surface area (TPSA) is 210 Å². The highest BCUT2D eigenvalue weighted by Gasteiger charge is 2.15. The summed E-state index contributed by atoms with van der Waals surface area (Å²) in [6, 6.07) is 4.00. The number of carboxylic acids is 3. The van der Waals surface area contributed by atoms with Gasteiger partial charge in [-0.2, -0.15) is 0 Å². The summed E-state index contributed by atoms with van der Waals surface area (Å²) in [7, 11) is 0. The second-order valence-corrected chi connectivity index (χ2v) is 7.03. The maximum Gasteiger partial charge on any atom is 0.320 e. The van der Waals surface area contributed by atoms with Crippen LogP contribution in [0.15, 0.2) is 24.3 Å². The zero-order valence-electron chi connectivity index (χ0n) is 17.1. The molecule has 166 valence electrons. The summed E-state index contributed by atoms with van der Waals surface area (Å²) in [5.74, 6) is -2.68. The number of hydrogen-bond donors (Lipinski definition) is 7. The van der Waals surface area contributed by atoms with Crippen LogP contribution in [0.5, 0.6) is 5.75 Å². The minimum absolute atomic E-state index is 0.0208. The van der Waals surface area contributed by atoms with Gasteiger partial charge in [0, 0.05) is 0 Å². The smallest absolute Gasteiger partial charge is 0.320 e. The molecule has 0 saturated carbocycles. The van der Waals surface area contributed by atoms with E-state index in [9.17, 15) is 14.4 Å². The Bertz CT molecular complexity index is 609. The fraction of sp³-hybridized carbons (Fsp3) is 0.526. The zero-order valence-corrected chi connectivity index (χ0v) is 17.1. The van der Waals surface area contributed by atoms with Crippen LogP contribution in [0.3, 0.4) is 0 Å². The standard InChI is InChI=1S/C9H11NO3.2C5H11NO2/c10-8(9(12)13)5-6-1-3-7(11)4-2-6;2*1-3(2)4(6)5(7)8/h1-4,8,11H,5,10H2,(H,12,13);2*3-4H,6H2,1-2H3,(H,7,8). The number of carboxylic acid groups (broad SMARTS) is 3. The SMILES string of the molecule is CC(C)C(N)C(=O)O.CC(C)C(N)C(=O)O.NC(Cc1ccc(O)cc1)C(=O)O. The Morgan fingerprint density at radius 2 is 1.10 bits per heavy atom. The van der Waals surface area contributed by atoms with Gasteiger partial charge in [-0.05, 0) is 36.0 Å². The minimum atomic E-state index is -1.02. The quantitative estimate of drug-likeness (QED) is 0.327. The van der Waals surface area contributed by atoms with Gasteiger partial charge in [0.1, 0.15) is 23.9 Å². The Labute approximate surface area is 170 Å². The lowest BCUT2D eigenvalue weighted by Crippen LogP contribution is -2.34. The highest BCUT2D eigenvalue weighted by Crippen LogP contribution is 2.10. The van der Waals surface area contributed by atoms with E-state index in [0.717, 1.165) is 5.56 Å². The normalized spacial score (nSPS) is 13.3. The average molecular weight is 415 g/mol. The van der Waals surface area contributed by atoms with E-state index >= 15 is 0 Å². The lowest BCUT2D eigenvalue weighted by molar-refractivity contribution is -0.140. The Morgan fingerprint density at radius 3 is 1.31 bits per heavy atom. The number of benzene rings is 1. The maximum absolute atomic E-state index is 10.4. The predicted octanol–water partition coefficient (Wildman–Crippen LogP) is 0.455. The Hall–Kier alpha value is -2.69. The minimum Gasteiger partial charge on any atom is -0.508 e. The third-order valence-electron chi connectivity index (χ3n) is 3.72. The Morgan fingerprint density at radius 1 is 0.759 bits per heavy atom. The molecule has 1 aromatic rings. The molecule has 0 aliphatic rings. The van der Waals surface area contributed by atoms with Crippen molar-refractivity contribution in [1.29, 1.82) is 0 Å². The van der Waals surface area contributed by atoms with Gasteiger partial charge in [-0.3, -0.25) is 14.4 Å². The molecular weight excluding hydrogens is 382 g/mol. The van der Waals surface area contributed by atoms with Crippen LogP contribution in [0.1, 0.15) is 33.3 Å². The summed E-state index contributed by atoms with van der Waals surface area (Å²) in [6.45, 7) is 7.11. The summed E-state index contributed by atoms with van der Waals surface area (Å²) in [5, 5.41) is 33.9. The van der Waals surface area contributed by atoms with E-state index in [0.29, 0.717) is 0 Å². The highest BCUT2D eigenvalue weighted by atomic mass is 16.4. The van der Waals surface area contributed by atoms with Gasteiger partial charge in [0.25, 0.3) is 0 Å². The molecule has 10 heteroatoms. The second kappa shape index (κ2) is 14.3. The molecule has 10 nitrogen and oxygen atoms in total. The number of phenols is 1. The van der Waals surface area contributed by atoms with Gasteiger partial charge < -0.3 is 37.6 Å². The number of nitrogens with two attached hydrogens (primary N) is 3. The molecule has 0 heterocycles. The van der Waals surface area contributed by atoms with Gasteiger partial charge in [-0.25, -0.2) is 0 Å². The average Bonchev–Trinajstić information content (AvgIpc) is 2.62. The highest BCUT2D eigenvalue weighted by molar-refractivity contribution is 5.74. The molecule has 0 aliphatic heterocycles. The van der Waals surface area contributed by atoms with Crippen LogP contribution in [0.4, 0.5) is 0 Å². The molecule has 0 saturated heterocycles. The van der Waals surface area contributed by atoms with E-state index in [4.69, 9.17) is 37.6 Å². The van der Waals surface area contributed by atoms with Gasteiger partial charge in [-0.1, -0.05) is 39.8 Å². The molecule has 0 bridgehead atoms. The van der Waals surface area contributed by atoms with Crippen molar-refractivity contribution in [3.63, 3.8) is 0 Å². The molecule has 0 amide bonds. The van der Waals surface area contributed by atoms with E-state index in [-0.39, 0.29) is 24.0 Å². The summed E-state index contributed by atoms with van der Waals surface area (Å²) >= 11 is 0. The van der Waals surface area contributed by atoms with E-state index in [2.05, 4.69) is 0 Å². The summed E-state index contributed by atoms with van der Waals surface area (Å²) < 4.78 is 0. The van der Waals surface area contributed by atoms with E-state index in [1.165, 1.54) is 12.1 Å². The molecular formula is C19H33N3O7. The van der Waals surface area contributed by atoms with Crippen molar-refractivity contribution < 1.29 is 34.8 Å². The van der Waals surface area contributed by atoms with Crippen molar-refractivity contribution in [2.75, 3.05) is 0 Å². The van der Waals surface area contributed by atoms with Crippen molar-refractivity contribution >= 4 is 17.9 Å². The molecule has 0 aliphatic carbocycles. The van der Waals surface area contributed by atoms with Crippen molar-refractivity contribution in [2.45, 2.75) is 52.2 Å². The molecule has 1 rings (SSSR count). The van der Waals surface area contributed by atoms with Crippen LogP contribution >= 0.6 is 0 Å². The molecule has 3 unspecified atom stereocenters. The third kappa shape index (κ3) is 14.0. The van der Waals surface area contributed by atoms with Crippen LogP contribution in [0.25, 0.3) is 0 Å². The van der Waals surface area contributed by atoms with Crippen LogP contribution in [-0.4, -0.2) is 56.5 Å². The first-order valence-electron chi connectivity index (χ1n) is 8.93. The van der Waals surface area contributed by atoms with Gasteiger partial charge >= 0.3 is 17.9 Å². The lowest BCUT2D eigenvalue weighted by atomic mass is 10.1. The first kappa shape index (κ1) is 28.5. The Balaban J connectivity index is 0. The van der Waals surface area contributed by atoms with Crippen molar-refractivity contribution in [3.8, 4) is 5.75 Å². The van der Waals surface area contributed by atoms with Crippen molar-refractivity contribution in [1.82, 2.24) is 0 Å². The third-order valence-corrected chi connectivity index (χ3v) is 3.72. The summed E-state index contributed by atoms with van der Waals surface area (Å²) in [6.07, 6.45) is 0.273. The van der Waals surface area contributed by atoms with Gasteiger partial charge in [-0.15, -0.1) is 0 Å². The van der Waals surface area contributed by atoms with Crippen LogP contribution in [0, 0.1) is 11.8 Å². The number of aliphatic carboxylic acids is 3. The van der Waals surface area contributed by atoms with E-state index in [1.54, 1.807) is 39.8 Å². The second-order valence-electron chi connectivity index (χ2n) is 7.03. The number of carbonyl (C=O) groups is 3. The van der Waals surface area contributed by atoms with E-state index in [1.807, 2.05) is 0 Å². The maximum atomic E-state index is 10.4. The largest absolute Gasteiger partial charge is 0.508 e. The monoisotopic (exact) mass is 415 g/mol. The van der Waals surface area contributed by atoms with Gasteiger partial charge in [0.15, 0.2) is 0 Å². The Kier molecular flexibility index (Phi) is 14.1. The van der Waals surface area contributed by atoms with E-state index < -0.39 is 36.0 Å². The predicted molar refractivity (Wildman–Crippen MR) is 108 cm³/mol. The first-order chi connectivity index (χ1) is 13.2. The number of hydrogen-bond acceptors (Lipinski definition) is 7. The number of aromatic hydroxyl groups is 1. The van der Waals surface area contributed by atoms with Gasteiger partial charge in [0.2, 0.25) is 0 Å². The number of rotatable bonds is 7. The summed E-state index contributed by atoms with van der Waals surface area (Å²) in [5.41, 5.74) is 16.4. The summed E-state index contributed by atoms with van der Waals surface area (Å²) in [4.78, 5) is 30.4. The van der Waals surface area contributed by atoms with Gasteiger partial charge in [0.05, 0.1) is 0 Å². The van der Waals surface area contributed by atoms with Crippen molar-refractivity contribution in [3.05, 3.63) is 29.8 Å². The lowest BCUT2D eigenvalue weighted by Gasteiger charge is -2.07. The fourth-order valence-electron chi connectivity index (χ4n) is 1.54. The molecule has 3 atom stereocenters. The first-order valence-corrected chi connectivity index (χ1v) is 8.93. The molecule has 1 aromatic carbocycles. The molecule has 0 aromatic heterocycles. The van der Waals surface area contributed by atoms with Crippen LogP contribution in [0.2, 0.25) is 0 Å².